The van der Waals surface area contributed by atoms with Crippen molar-refractivity contribution in [3.63, 3.8) is 0 Å². The maximum Gasteiger partial charge on any atom is 0.185 e. The van der Waals surface area contributed by atoms with Crippen LogP contribution >= 0.6 is 23.2 Å². The van der Waals surface area contributed by atoms with Crippen LogP contribution in [-0.2, 0) is 0 Å². The molecule has 0 spiro atoms. The Kier molecular flexibility index (Phi) is 14.0. The maximum atomic E-state index is 10.9. The molecule has 0 aromatic heterocycles. The van der Waals surface area contributed by atoms with Gasteiger partial charge in [-0.05, 0) is 29.0 Å². The van der Waals surface area contributed by atoms with Crippen LogP contribution in [0.4, 0.5) is 5.69 Å². The van der Waals surface area contributed by atoms with Gasteiger partial charge in [0.25, 0.3) is 0 Å². The van der Waals surface area contributed by atoms with E-state index >= 15 is 0 Å². The van der Waals surface area contributed by atoms with Crippen molar-refractivity contribution in [3.8, 4) is 0 Å². The van der Waals surface area contributed by atoms with Gasteiger partial charge in [0.1, 0.15) is 0 Å². The van der Waals surface area contributed by atoms with E-state index in [1.807, 2.05) is 50.5 Å². The first-order chi connectivity index (χ1) is 15.5. The van der Waals surface area contributed by atoms with Crippen LogP contribution in [0.2, 0.25) is 0 Å². The molecule has 0 radical (unpaired) electrons. The predicted molar refractivity (Wildman–Crippen MR) is 142 cm³/mol. The molecule has 0 saturated carbocycles. The van der Waals surface area contributed by atoms with Gasteiger partial charge in [0, 0.05) is 25.3 Å². The summed E-state index contributed by atoms with van der Waals surface area (Å²) in [4.78, 5) is 13.0. The number of nitrogens with zero attached hydrogens (tertiary/aromatic N) is 1. The third-order valence-electron chi connectivity index (χ3n) is 4.17. The number of hydrogen-bond donors (Lipinski definition) is 0. The smallest absolute Gasteiger partial charge is 0.185 e. The van der Waals surface area contributed by atoms with Crippen LogP contribution in [0, 0.1) is 0 Å². The van der Waals surface area contributed by atoms with Crippen molar-refractivity contribution in [3.05, 3.63) is 127 Å². The summed E-state index contributed by atoms with van der Waals surface area (Å²) in [6.45, 7) is 3.39. The Morgan fingerprint density at radius 2 is 1.06 bits per heavy atom. The molecule has 4 rings (SSSR count). The lowest BCUT2D eigenvalue weighted by Crippen LogP contribution is -2.07. The number of allylic oxidation sites excluding steroid dienone is 1. The zero-order chi connectivity index (χ0) is 23.6. The number of anilines is 1. The number of fused-ring (bicyclic) bond motifs is 1. The monoisotopic (exact) mass is 465 g/mol. The molecule has 166 valence electrons. The highest BCUT2D eigenvalue weighted by molar-refractivity contribution is 6.40. The molecule has 0 amide bonds. The number of halogens is 2. The molecule has 0 saturated heterocycles. The molecule has 2 nitrogen and oxygen atoms in total. The average Bonchev–Trinajstić information content (AvgIpc) is 2.86. The fourth-order valence-electron chi connectivity index (χ4n) is 2.58. The summed E-state index contributed by atoms with van der Waals surface area (Å²) in [6.07, 6.45) is 1.31. The molecule has 0 heterocycles. The van der Waals surface area contributed by atoms with E-state index in [0.717, 1.165) is 0 Å². The number of ketones is 1. The van der Waals surface area contributed by atoms with Crippen molar-refractivity contribution in [2.75, 3.05) is 24.3 Å². The lowest BCUT2D eigenvalue weighted by molar-refractivity contribution is 0.104. The molecule has 4 heteroatoms. The first kappa shape index (κ1) is 27.0. The third-order valence-corrected chi connectivity index (χ3v) is 4.17. The number of carbonyl (C=O) groups is 1. The van der Waals surface area contributed by atoms with E-state index in [1.165, 1.54) is 22.5 Å². The molecule has 0 unspecified atom stereocenters. The van der Waals surface area contributed by atoms with Crippen molar-refractivity contribution < 1.29 is 4.79 Å². The fraction of sp³-hybridized carbons (Fsp3) is 0.107. The predicted octanol–water partition coefficient (Wildman–Crippen LogP) is 8.07. The molecular weight excluding hydrogens is 437 g/mol. The minimum atomic E-state index is -0.0272. The molecule has 0 N–H and O–H groups in total. The zero-order valence-electron chi connectivity index (χ0n) is 18.5. The molecule has 0 aliphatic carbocycles. The Hall–Kier alpha value is -3.07. The second-order valence-corrected chi connectivity index (χ2v) is 7.42. The Morgan fingerprint density at radius 1 is 0.719 bits per heavy atom. The molecule has 0 aliphatic rings. The second-order valence-electron chi connectivity index (χ2n) is 6.61. The van der Waals surface area contributed by atoms with Gasteiger partial charge in [0.15, 0.2) is 5.78 Å². The summed E-state index contributed by atoms with van der Waals surface area (Å²) < 4.78 is 0. The van der Waals surface area contributed by atoms with E-state index in [-0.39, 0.29) is 11.1 Å². The number of rotatable bonds is 3. The van der Waals surface area contributed by atoms with Gasteiger partial charge in [-0.1, -0.05) is 104 Å². The van der Waals surface area contributed by atoms with E-state index in [1.54, 1.807) is 12.1 Å². The minimum absolute atomic E-state index is 0.0272. The van der Waals surface area contributed by atoms with Crippen LogP contribution in [0.5, 0.6) is 0 Å². The molecule has 0 aliphatic heterocycles. The summed E-state index contributed by atoms with van der Waals surface area (Å²) in [7, 11) is 4.07. The first-order valence-electron chi connectivity index (χ1n) is 10.0. The number of carbonyl (C=O) groups excluding carboxylic acids is 1. The van der Waals surface area contributed by atoms with E-state index in [2.05, 4.69) is 72.1 Å². The molecule has 0 bridgehead atoms. The number of hydrogen-bond acceptors (Lipinski definition) is 2. The van der Waals surface area contributed by atoms with Gasteiger partial charge in [-0.2, -0.15) is 0 Å². The standard InChI is InChI=1S/C10H8.C9H8O.C8H11N.CH2Cl2/c1-2-6-10-8-4-3-7-9(10)5-1;1-2-9(10)8-6-4-3-5-7-8;1-9(2)8-6-4-3-5-7-8;2-1-3/h1-8H;2-7H,1H2;3-7H,1-2H3;1H2. The third kappa shape index (κ3) is 10.8. The lowest BCUT2D eigenvalue weighted by Gasteiger charge is -2.10. The minimum Gasteiger partial charge on any atom is -0.378 e. The van der Waals surface area contributed by atoms with Crippen LogP contribution in [0.15, 0.2) is 122 Å². The Balaban J connectivity index is 0.000000226. The van der Waals surface area contributed by atoms with E-state index in [9.17, 15) is 4.79 Å². The van der Waals surface area contributed by atoms with Crippen molar-refractivity contribution in [2.24, 2.45) is 0 Å². The van der Waals surface area contributed by atoms with Gasteiger partial charge in [-0.25, -0.2) is 0 Å². The Bertz CT molecular complexity index is 969. The fourth-order valence-corrected chi connectivity index (χ4v) is 2.58. The van der Waals surface area contributed by atoms with Gasteiger partial charge in [0.2, 0.25) is 0 Å². The number of para-hydroxylation sites is 1. The summed E-state index contributed by atoms with van der Waals surface area (Å²) in [5.41, 5.74) is 1.94. The molecule has 32 heavy (non-hydrogen) atoms. The first-order valence-corrected chi connectivity index (χ1v) is 11.1. The van der Waals surface area contributed by atoms with Gasteiger partial charge in [0.05, 0.1) is 5.34 Å². The highest BCUT2D eigenvalue weighted by atomic mass is 35.5. The SMILES string of the molecule is C=CC(=O)c1ccccc1.CN(C)c1ccccc1.ClCCl.c1ccc2ccccc2c1. The number of benzene rings is 4. The van der Waals surface area contributed by atoms with Crippen molar-refractivity contribution >= 4 is 45.4 Å². The Morgan fingerprint density at radius 3 is 1.38 bits per heavy atom. The topological polar surface area (TPSA) is 20.3 Å². The van der Waals surface area contributed by atoms with Gasteiger partial charge >= 0.3 is 0 Å². The molecular formula is C28H29Cl2NO. The van der Waals surface area contributed by atoms with Gasteiger partial charge < -0.3 is 4.90 Å². The van der Waals surface area contributed by atoms with E-state index in [0.29, 0.717) is 5.56 Å². The quantitative estimate of drug-likeness (QED) is 0.173. The van der Waals surface area contributed by atoms with Gasteiger partial charge in [-0.15, -0.1) is 23.2 Å². The lowest BCUT2D eigenvalue weighted by atomic mass is 10.1. The van der Waals surface area contributed by atoms with Gasteiger partial charge in [-0.3, -0.25) is 4.79 Å². The largest absolute Gasteiger partial charge is 0.378 e. The average molecular weight is 466 g/mol. The van der Waals surface area contributed by atoms with Crippen LogP contribution in [-0.4, -0.2) is 25.2 Å². The highest BCUT2D eigenvalue weighted by Crippen LogP contribution is 2.11. The normalized spacial score (nSPS) is 9.00. The van der Waals surface area contributed by atoms with E-state index < -0.39 is 0 Å². The van der Waals surface area contributed by atoms with Crippen LogP contribution < -0.4 is 4.90 Å². The summed E-state index contributed by atoms with van der Waals surface area (Å²) in [6, 6.07) is 36.0. The summed E-state index contributed by atoms with van der Waals surface area (Å²) in [5, 5.41) is 2.81. The van der Waals surface area contributed by atoms with Crippen LogP contribution in [0.1, 0.15) is 10.4 Å². The second kappa shape index (κ2) is 16.6. The van der Waals surface area contributed by atoms with Crippen molar-refractivity contribution in [1.29, 1.82) is 0 Å². The van der Waals surface area contributed by atoms with Crippen LogP contribution in [0.25, 0.3) is 10.8 Å². The van der Waals surface area contributed by atoms with E-state index in [4.69, 9.17) is 23.2 Å². The summed E-state index contributed by atoms with van der Waals surface area (Å²) >= 11 is 9.53. The van der Waals surface area contributed by atoms with Crippen molar-refractivity contribution in [2.45, 2.75) is 0 Å². The molecule has 4 aromatic carbocycles. The van der Waals surface area contributed by atoms with Crippen LogP contribution in [0.3, 0.4) is 0 Å². The Labute approximate surface area is 201 Å². The molecule has 0 atom stereocenters. The maximum absolute atomic E-state index is 10.9. The zero-order valence-corrected chi connectivity index (χ0v) is 20.0. The molecule has 4 aromatic rings. The summed E-state index contributed by atoms with van der Waals surface area (Å²) in [5.74, 6) is -0.0272. The van der Waals surface area contributed by atoms with Crippen molar-refractivity contribution in [1.82, 2.24) is 0 Å². The number of alkyl halides is 2. The molecule has 0 fully saturated rings. The highest BCUT2D eigenvalue weighted by Gasteiger charge is 1.95.